The van der Waals surface area contributed by atoms with Crippen LogP contribution in [0.4, 0.5) is 17.6 Å². The monoisotopic (exact) mass is 349 g/mol. The molecule has 0 bridgehead atoms. The zero-order chi connectivity index (χ0) is 17.0. The highest BCUT2D eigenvalue weighted by Gasteiger charge is 2.26. The fraction of sp³-hybridized carbons (Fsp3) is 0.333. The van der Waals surface area contributed by atoms with Crippen molar-refractivity contribution in [2.75, 3.05) is 12.0 Å². The molecule has 2 N–H and O–H groups in total. The molecule has 0 aliphatic carbocycles. The summed E-state index contributed by atoms with van der Waals surface area (Å²) in [5.74, 6) is -7.82. The van der Waals surface area contributed by atoms with Crippen molar-refractivity contribution in [3.8, 4) is 0 Å². The average Bonchev–Trinajstić information content (AvgIpc) is 3.07. The van der Waals surface area contributed by atoms with Crippen molar-refractivity contribution in [3.05, 3.63) is 40.7 Å². The van der Waals surface area contributed by atoms with Crippen molar-refractivity contribution in [2.45, 2.75) is 12.5 Å². The zero-order valence-corrected chi connectivity index (χ0v) is 12.6. The van der Waals surface area contributed by atoms with Gasteiger partial charge in [0.1, 0.15) is 0 Å². The number of nitrogens with zero attached hydrogens (tertiary/aromatic N) is 3. The van der Waals surface area contributed by atoms with Crippen molar-refractivity contribution in [1.29, 1.82) is 0 Å². The van der Waals surface area contributed by atoms with E-state index < -0.39 is 40.8 Å². The molecule has 0 aliphatic heterocycles. The zero-order valence-electron chi connectivity index (χ0n) is 11.7. The molecule has 23 heavy (non-hydrogen) atoms. The molecular weight excluding hydrogens is 338 g/mol. The van der Waals surface area contributed by atoms with Gasteiger partial charge in [-0.2, -0.15) is 17.0 Å². The second kappa shape index (κ2) is 7.40. The van der Waals surface area contributed by atoms with E-state index in [2.05, 4.69) is 25.9 Å². The molecule has 0 saturated carbocycles. The number of amides is 1. The number of H-pyrrole nitrogens is 1. The molecule has 1 amide bonds. The lowest BCUT2D eigenvalue weighted by Crippen LogP contribution is -2.31. The number of aromatic nitrogens is 4. The molecule has 1 heterocycles. The Kier molecular flexibility index (Phi) is 5.53. The fourth-order valence-electron chi connectivity index (χ4n) is 1.79. The number of aromatic amines is 1. The molecule has 124 valence electrons. The second-order valence-electron chi connectivity index (χ2n) is 4.43. The van der Waals surface area contributed by atoms with E-state index in [0.717, 1.165) is 0 Å². The summed E-state index contributed by atoms with van der Waals surface area (Å²) in [5, 5.41) is 15.3. The van der Waals surface area contributed by atoms with Crippen LogP contribution < -0.4 is 5.32 Å². The Hall–Kier alpha value is -2.17. The van der Waals surface area contributed by atoms with Gasteiger partial charge in [0.2, 0.25) is 0 Å². The topological polar surface area (TPSA) is 83.6 Å². The van der Waals surface area contributed by atoms with Crippen LogP contribution in [0.1, 0.15) is 28.6 Å². The standard InChI is InChI=1S/C12H11F4N5OS/c1-23-3-2-7(11-18-20-21-19-11)17-12(22)5-4-6(13)9(15)10(16)8(5)14/h4,7H,2-3H2,1H3,(H,17,22)(H,18,19,20,21)/t7-/m0/s1. The smallest absolute Gasteiger partial charge is 0.255 e. The number of carbonyl (C=O) groups is 1. The fourth-order valence-corrected chi connectivity index (χ4v) is 2.26. The highest BCUT2D eigenvalue weighted by Crippen LogP contribution is 2.20. The molecule has 11 heteroatoms. The molecule has 0 aliphatic rings. The summed E-state index contributed by atoms with van der Waals surface area (Å²) in [5.41, 5.74) is -0.945. The van der Waals surface area contributed by atoms with Crippen LogP contribution in [0.3, 0.4) is 0 Å². The van der Waals surface area contributed by atoms with Gasteiger partial charge >= 0.3 is 0 Å². The van der Waals surface area contributed by atoms with Gasteiger partial charge in [0, 0.05) is 0 Å². The van der Waals surface area contributed by atoms with Gasteiger partial charge in [0.05, 0.1) is 11.6 Å². The number of benzene rings is 1. The molecule has 1 aromatic heterocycles. The highest BCUT2D eigenvalue weighted by molar-refractivity contribution is 7.98. The van der Waals surface area contributed by atoms with E-state index in [1.54, 1.807) is 0 Å². The first-order valence-electron chi connectivity index (χ1n) is 6.31. The first kappa shape index (κ1) is 17.2. The third-order valence-corrected chi connectivity index (χ3v) is 3.58. The second-order valence-corrected chi connectivity index (χ2v) is 5.41. The van der Waals surface area contributed by atoms with Gasteiger partial charge in [-0.3, -0.25) is 4.79 Å². The molecular formula is C12H11F4N5OS. The van der Waals surface area contributed by atoms with Gasteiger partial charge in [-0.25, -0.2) is 17.6 Å². The Labute approximate surface area is 132 Å². The van der Waals surface area contributed by atoms with Gasteiger partial charge in [0.15, 0.2) is 29.1 Å². The number of halogens is 4. The van der Waals surface area contributed by atoms with Gasteiger partial charge in [0.25, 0.3) is 5.91 Å². The predicted molar refractivity (Wildman–Crippen MR) is 73.7 cm³/mol. The Morgan fingerprint density at radius 2 is 2.04 bits per heavy atom. The first-order valence-corrected chi connectivity index (χ1v) is 7.71. The van der Waals surface area contributed by atoms with Crippen LogP contribution >= 0.6 is 11.8 Å². The predicted octanol–water partition coefficient (Wildman–Crippen LogP) is 1.98. The Morgan fingerprint density at radius 1 is 1.30 bits per heavy atom. The number of hydrogen-bond donors (Lipinski definition) is 2. The lowest BCUT2D eigenvalue weighted by Gasteiger charge is -2.15. The van der Waals surface area contributed by atoms with Crippen LogP contribution in [0.15, 0.2) is 6.07 Å². The minimum atomic E-state index is -2.05. The maximum Gasteiger partial charge on any atom is 0.255 e. The third kappa shape index (κ3) is 3.78. The van der Waals surface area contributed by atoms with Crippen LogP contribution in [0.2, 0.25) is 0 Å². The van der Waals surface area contributed by atoms with Crippen molar-refractivity contribution >= 4 is 17.7 Å². The van der Waals surface area contributed by atoms with Gasteiger partial charge in [-0.15, -0.1) is 10.2 Å². The van der Waals surface area contributed by atoms with Crippen LogP contribution in [-0.4, -0.2) is 38.5 Å². The number of nitrogens with one attached hydrogen (secondary N) is 2. The van der Waals surface area contributed by atoms with Crippen LogP contribution in [0.5, 0.6) is 0 Å². The third-order valence-electron chi connectivity index (χ3n) is 2.94. The van der Waals surface area contributed by atoms with E-state index >= 15 is 0 Å². The average molecular weight is 349 g/mol. The highest BCUT2D eigenvalue weighted by atomic mass is 32.2. The van der Waals surface area contributed by atoms with E-state index in [1.807, 2.05) is 6.26 Å². The molecule has 0 spiro atoms. The van der Waals surface area contributed by atoms with E-state index in [9.17, 15) is 22.4 Å². The molecule has 2 rings (SSSR count). The number of hydrogen-bond acceptors (Lipinski definition) is 5. The summed E-state index contributed by atoms with van der Waals surface area (Å²) in [6.45, 7) is 0. The summed E-state index contributed by atoms with van der Waals surface area (Å²) in [7, 11) is 0. The molecule has 0 fully saturated rings. The minimum Gasteiger partial charge on any atom is -0.342 e. The van der Waals surface area contributed by atoms with E-state index in [0.29, 0.717) is 18.2 Å². The van der Waals surface area contributed by atoms with E-state index in [4.69, 9.17) is 0 Å². The molecule has 2 aromatic rings. The quantitative estimate of drug-likeness (QED) is 0.473. The Morgan fingerprint density at radius 3 is 2.65 bits per heavy atom. The lowest BCUT2D eigenvalue weighted by atomic mass is 10.1. The van der Waals surface area contributed by atoms with Crippen LogP contribution in [0.25, 0.3) is 0 Å². The summed E-state index contributed by atoms with van der Waals surface area (Å²) >= 11 is 1.48. The number of rotatable bonds is 6. The van der Waals surface area contributed by atoms with Crippen molar-refractivity contribution in [3.63, 3.8) is 0 Å². The number of carbonyl (C=O) groups excluding carboxylic acids is 1. The van der Waals surface area contributed by atoms with Gasteiger partial charge < -0.3 is 5.32 Å². The molecule has 1 aromatic carbocycles. The summed E-state index contributed by atoms with van der Waals surface area (Å²) < 4.78 is 53.0. The normalized spacial score (nSPS) is 12.2. The van der Waals surface area contributed by atoms with E-state index in [-0.39, 0.29) is 5.82 Å². The maximum absolute atomic E-state index is 13.6. The number of tetrazole rings is 1. The number of thioether (sulfide) groups is 1. The van der Waals surface area contributed by atoms with Crippen LogP contribution in [-0.2, 0) is 0 Å². The molecule has 0 saturated heterocycles. The molecule has 0 radical (unpaired) electrons. The SMILES string of the molecule is CSCC[C@H](NC(=O)c1cc(F)c(F)c(F)c1F)c1nn[nH]n1. The Bertz CT molecular complexity index is 697. The molecule has 6 nitrogen and oxygen atoms in total. The van der Waals surface area contributed by atoms with Gasteiger partial charge in [-0.1, -0.05) is 5.21 Å². The minimum absolute atomic E-state index is 0.135. The molecule has 1 atom stereocenters. The van der Waals surface area contributed by atoms with Crippen LogP contribution in [0, 0.1) is 23.3 Å². The summed E-state index contributed by atoms with van der Waals surface area (Å²) in [6.07, 6.45) is 2.21. The van der Waals surface area contributed by atoms with Crippen molar-refractivity contribution in [2.24, 2.45) is 0 Å². The summed E-state index contributed by atoms with van der Waals surface area (Å²) in [6, 6.07) is -0.449. The van der Waals surface area contributed by atoms with E-state index in [1.165, 1.54) is 11.8 Å². The van der Waals surface area contributed by atoms with Crippen molar-refractivity contribution in [1.82, 2.24) is 25.9 Å². The Balaban J connectivity index is 2.25. The summed E-state index contributed by atoms with van der Waals surface area (Å²) in [4.78, 5) is 12.1. The van der Waals surface area contributed by atoms with Gasteiger partial charge in [-0.05, 0) is 24.5 Å². The van der Waals surface area contributed by atoms with Crippen molar-refractivity contribution < 1.29 is 22.4 Å². The lowest BCUT2D eigenvalue weighted by molar-refractivity contribution is 0.0928. The maximum atomic E-state index is 13.6. The largest absolute Gasteiger partial charge is 0.342 e. The first-order chi connectivity index (χ1) is 11.0. The molecule has 0 unspecified atom stereocenters.